The summed E-state index contributed by atoms with van der Waals surface area (Å²) in [7, 11) is 1.44. The standard InChI is InChI=1S/C22H21N3O5/c1-3-6-19(27)23-15-11-9-14(10-12-15)18(26)13-30-22(29)20-16-7-4-5-8-17(16)21(28)25(2)24-20/h4-5,7-12H,3,6,13H2,1-2H3,(H,23,27). The van der Waals surface area contributed by atoms with E-state index in [2.05, 4.69) is 10.4 Å². The lowest BCUT2D eigenvalue weighted by atomic mass is 10.1. The molecule has 1 N–H and O–H groups in total. The molecule has 2 aromatic carbocycles. The number of nitrogens with one attached hydrogen (secondary N) is 1. The van der Waals surface area contributed by atoms with Crippen molar-refractivity contribution in [1.82, 2.24) is 9.78 Å². The molecule has 1 aromatic heterocycles. The summed E-state index contributed by atoms with van der Waals surface area (Å²) in [4.78, 5) is 48.6. The molecule has 8 heteroatoms. The number of aromatic nitrogens is 2. The van der Waals surface area contributed by atoms with Gasteiger partial charge in [-0.2, -0.15) is 5.10 Å². The van der Waals surface area contributed by atoms with E-state index in [-0.39, 0.29) is 17.2 Å². The zero-order chi connectivity index (χ0) is 21.7. The van der Waals surface area contributed by atoms with Crippen LogP contribution >= 0.6 is 0 Å². The number of esters is 1. The lowest BCUT2D eigenvalue weighted by molar-refractivity contribution is -0.116. The Morgan fingerprint density at radius 1 is 1.03 bits per heavy atom. The molecule has 0 unspecified atom stereocenters. The van der Waals surface area contributed by atoms with Gasteiger partial charge in [-0.05, 0) is 36.8 Å². The number of fused-ring (bicyclic) bond motifs is 1. The topological polar surface area (TPSA) is 107 Å². The number of carbonyl (C=O) groups is 3. The highest BCUT2D eigenvalue weighted by atomic mass is 16.5. The number of aryl methyl sites for hydroxylation is 1. The maximum absolute atomic E-state index is 12.5. The molecule has 8 nitrogen and oxygen atoms in total. The minimum Gasteiger partial charge on any atom is -0.452 e. The first-order valence-corrected chi connectivity index (χ1v) is 9.47. The van der Waals surface area contributed by atoms with Crippen molar-refractivity contribution in [2.75, 3.05) is 11.9 Å². The summed E-state index contributed by atoms with van der Waals surface area (Å²) >= 11 is 0. The Bertz CT molecular complexity index is 1170. The van der Waals surface area contributed by atoms with Crippen LogP contribution in [0.5, 0.6) is 0 Å². The second-order valence-corrected chi connectivity index (χ2v) is 6.70. The molecule has 1 amide bonds. The predicted molar refractivity (Wildman–Crippen MR) is 112 cm³/mol. The van der Waals surface area contributed by atoms with Gasteiger partial charge in [-0.25, -0.2) is 9.48 Å². The van der Waals surface area contributed by atoms with Crippen LogP contribution < -0.4 is 10.9 Å². The zero-order valence-corrected chi connectivity index (χ0v) is 16.7. The number of nitrogens with zero attached hydrogens (tertiary/aromatic N) is 2. The van der Waals surface area contributed by atoms with Crippen LogP contribution in [0, 0.1) is 0 Å². The third-order valence-corrected chi connectivity index (χ3v) is 4.45. The van der Waals surface area contributed by atoms with E-state index in [1.54, 1.807) is 48.5 Å². The largest absolute Gasteiger partial charge is 0.452 e. The van der Waals surface area contributed by atoms with E-state index >= 15 is 0 Å². The van der Waals surface area contributed by atoms with Crippen LogP contribution in [0.4, 0.5) is 5.69 Å². The summed E-state index contributed by atoms with van der Waals surface area (Å²) in [5.74, 6) is -1.29. The van der Waals surface area contributed by atoms with E-state index < -0.39 is 18.4 Å². The molecular weight excluding hydrogens is 386 g/mol. The number of Topliss-reactive ketones (excluding diaryl/α,β-unsaturated/α-hetero) is 1. The maximum atomic E-state index is 12.5. The molecule has 30 heavy (non-hydrogen) atoms. The molecule has 0 saturated carbocycles. The fraction of sp³-hybridized carbons (Fsp3) is 0.227. The summed E-state index contributed by atoms with van der Waals surface area (Å²) in [6.07, 6.45) is 1.16. The van der Waals surface area contributed by atoms with E-state index in [1.807, 2.05) is 6.92 Å². The van der Waals surface area contributed by atoms with Crippen molar-refractivity contribution in [3.05, 3.63) is 70.1 Å². The van der Waals surface area contributed by atoms with Crippen LogP contribution in [0.1, 0.15) is 40.6 Å². The average molecular weight is 407 g/mol. The first-order chi connectivity index (χ1) is 14.4. The van der Waals surface area contributed by atoms with Crippen LogP contribution in [-0.4, -0.2) is 34.0 Å². The first-order valence-electron chi connectivity index (χ1n) is 9.47. The number of ether oxygens (including phenoxy) is 1. The average Bonchev–Trinajstić information content (AvgIpc) is 2.75. The molecule has 0 spiro atoms. The summed E-state index contributed by atoms with van der Waals surface area (Å²) in [6.45, 7) is 1.44. The van der Waals surface area contributed by atoms with E-state index in [0.29, 0.717) is 28.4 Å². The van der Waals surface area contributed by atoms with E-state index in [9.17, 15) is 19.2 Å². The number of ketones is 1. The van der Waals surface area contributed by atoms with Crippen molar-refractivity contribution < 1.29 is 19.1 Å². The second kappa shape index (κ2) is 9.13. The number of hydrogen-bond acceptors (Lipinski definition) is 6. The van der Waals surface area contributed by atoms with Crippen molar-refractivity contribution in [2.24, 2.45) is 7.05 Å². The maximum Gasteiger partial charge on any atom is 0.359 e. The smallest absolute Gasteiger partial charge is 0.359 e. The highest BCUT2D eigenvalue weighted by Crippen LogP contribution is 2.15. The van der Waals surface area contributed by atoms with Crippen LogP contribution in [0.25, 0.3) is 10.8 Å². The van der Waals surface area contributed by atoms with Crippen molar-refractivity contribution in [2.45, 2.75) is 19.8 Å². The van der Waals surface area contributed by atoms with Gasteiger partial charge in [0.2, 0.25) is 5.91 Å². The molecule has 3 aromatic rings. The molecule has 0 atom stereocenters. The Labute approximate surface area is 172 Å². The van der Waals surface area contributed by atoms with Crippen LogP contribution in [0.2, 0.25) is 0 Å². The summed E-state index contributed by atoms with van der Waals surface area (Å²) in [6, 6.07) is 12.9. The molecule has 3 rings (SSSR count). The van der Waals surface area contributed by atoms with Crippen LogP contribution in [0.3, 0.4) is 0 Å². The van der Waals surface area contributed by atoms with Gasteiger partial charge in [0.25, 0.3) is 5.56 Å². The number of carbonyl (C=O) groups excluding carboxylic acids is 3. The van der Waals surface area contributed by atoms with Crippen LogP contribution in [-0.2, 0) is 16.6 Å². The van der Waals surface area contributed by atoms with Gasteiger partial charge in [-0.15, -0.1) is 0 Å². The molecule has 0 aliphatic heterocycles. The first kappa shape index (κ1) is 20.9. The van der Waals surface area contributed by atoms with Crippen molar-refractivity contribution in [1.29, 1.82) is 0 Å². The molecule has 0 bridgehead atoms. The molecule has 1 heterocycles. The highest BCUT2D eigenvalue weighted by molar-refractivity contribution is 6.04. The molecule has 0 fully saturated rings. The number of anilines is 1. The minimum absolute atomic E-state index is 0.0329. The van der Waals surface area contributed by atoms with E-state index in [1.165, 1.54) is 7.05 Å². The predicted octanol–water partition coefficient (Wildman–Crippen LogP) is 2.71. The lowest BCUT2D eigenvalue weighted by Gasteiger charge is -2.09. The normalized spacial score (nSPS) is 10.6. The fourth-order valence-corrected chi connectivity index (χ4v) is 2.92. The Kier molecular flexibility index (Phi) is 6.36. The minimum atomic E-state index is -0.793. The summed E-state index contributed by atoms with van der Waals surface area (Å²) in [5.41, 5.74) is 0.566. The molecule has 0 aliphatic carbocycles. The second-order valence-electron chi connectivity index (χ2n) is 6.70. The lowest BCUT2D eigenvalue weighted by Crippen LogP contribution is -2.24. The summed E-state index contributed by atoms with van der Waals surface area (Å²) in [5, 5.41) is 7.43. The third kappa shape index (κ3) is 4.60. The third-order valence-electron chi connectivity index (χ3n) is 4.45. The molecule has 0 saturated heterocycles. The van der Waals surface area contributed by atoms with Crippen molar-refractivity contribution in [3.63, 3.8) is 0 Å². The zero-order valence-electron chi connectivity index (χ0n) is 16.7. The molecular formula is C22H21N3O5. The fourth-order valence-electron chi connectivity index (χ4n) is 2.92. The Morgan fingerprint density at radius 3 is 2.37 bits per heavy atom. The van der Waals surface area contributed by atoms with Gasteiger partial charge in [0.15, 0.2) is 18.1 Å². The number of rotatable bonds is 7. The van der Waals surface area contributed by atoms with Crippen molar-refractivity contribution >= 4 is 34.1 Å². The Morgan fingerprint density at radius 2 is 1.70 bits per heavy atom. The van der Waals surface area contributed by atoms with E-state index in [4.69, 9.17) is 4.74 Å². The number of benzene rings is 2. The van der Waals surface area contributed by atoms with Gasteiger partial charge < -0.3 is 10.1 Å². The van der Waals surface area contributed by atoms with E-state index in [0.717, 1.165) is 11.1 Å². The van der Waals surface area contributed by atoms with Crippen LogP contribution in [0.15, 0.2) is 53.3 Å². The summed E-state index contributed by atoms with van der Waals surface area (Å²) < 4.78 is 6.20. The van der Waals surface area contributed by atoms with Gasteiger partial charge >= 0.3 is 5.97 Å². The van der Waals surface area contributed by atoms with Gasteiger partial charge in [0, 0.05) is 30.1 Å². The Balaban J connectivity index is 1.69. The number of hydrogen-bond donors (Lipinski definition) is 1. The molecule has 0 aliphatic rings. The monoisotopic (exact) mass is 407 g/mol. The van der Waals surface area contributed by atoms with Crippen molar-refractivity contribution in [3.8, 4) is 0 Å². The van der Waals surface area contributed by atoms with Gasteiger partial charge in [0.05, 0.1) is 5.39 Å². The number of amides is 1. The SMILES string of the molecule is CCCC(=O)Nc1ccc(C(=O)COC(=O)c2nn(C)c(=O)c3ccccc23)cc1. The highest BCUT2D eigenvalue weighted by Gasteiger charge is 2.18. The van der Waals surface area contributed by atoms with Gasteiger partial charge in [-0.1, -0.05) is 25.1 Å². The molecule has 0 radical (unpaired) electrons. The Hall–Kier alpha value is -3.81. The molecule has 154 valence electrons. The van der Waals surface area contributed by atoms with Gasteiger partial charge in [0.1, 0.15) is 0 Å². The quantitative estimate of drug-likeness (QED) is 0.477. The van der Waals surface area contributed by atoms with Gasteiger partial charge in [-0.3, -0.25) is 14.4 Å².